The highest BCUT2D eigenvalue weighted by Crippen LogP contribution is 2.11. The quantitative estimate of drug-likeness (QED) is 0.638. The molecule has 84 valence electrons. The van der Waals surface area contributed by atoms with E-state index in [1.165, 1.54) is 0 Å². The smallest absolute Gasteiger partial charge is 0.321 e. The van der Waals surface area contributed by atoms with Gasteiger partial charge in [0.05, 0.1) is 12.2 Å². The van der Waals surface area contributed by atoms with Crippen LogP contribution in [0.4, 0.5) is 0 Å². The van der Waals surface area contributed by atoms with Crippen molar-refractivity contribution >= 4 is 5.97 Å². The van der Waals surface area contributed by atoms with Crippen LogP contribution in [0.3, 0.4) is 0 Å². The molecule has 0 aromatic carbocycles. The molecule has 2 atom stereocenters. The van der Waals surface area contributed by atoms with Crippen molar-refractivity contribution in [3.8, 4) is 0 Å². The Morgan fingerprint density at radius 3 is 2.93 bits per heavy atom. The molecule has 0 bridgehead atoms. The van der Waals surface area contributed by atoms with E-state index in [2.05, 4.69) is 10.3 Å². The fraction of sp³-hybridized carbons (Fsp3) is 0.556. The van der Waals surface area contributed by atoms with E-state index in [0.717, 1.165) is 5.76 Å². The summed E-state index contributed by atoms with van der Waals surface area (Å²) in [5.41, 5.74) is 5.34. The summed E-state index contributed by atoms with van der Waals surface area (Å²) in [6.07, 6.45) is 1.62. The van der Waals surface area contributed by atoms with E-state index in [9.17, 15) is 4.79 Å². The number of carboxylic acid groups (broad SMARTS) is 1. The zero-order valence-electron chi connectivity index (χ0n) is 8.73. The second-order valence-corrected chi connectivity index (χ2v) is 3.38. The summed E-state index contributed by atoms with van der Waals surface area (Å²) in [5.74, 6) is 0.226. The summed E-state index contributed by atoms with van der Waals surface area (Å²) in [7, 11) is 0. The van der Waals surface area contributed by atoms with Crippen molar-refractivity contribution in [2.45, 2.75) is 25.9 Å². The van der Waals surface area contributed by atoms with Crippen LogP contribution in [0.25, 0.3) is 0 Å². The lowest BCUT2D eigenvalue weighted by Crippen LogP contribution is -2.41. The molecule has 4 N–H and O–H groups in total. The molecule has 0 saturated carbocycles. The molecule has 0 aliphatic carbocycles. The monoisotopic (exact) mass is 213 g/mol. The van der Waals surface area contributed by atoms with Gasteiger partial charge in [0, 0.05) is 6.54 Å². The molecule has 0 aliphatic heterocycles. The first kappa shape index (κ1) is 11.7. The molecule has 6 nitrogen and oxygen atoms in total. The van der Waals surface area contributed by atoms with Gasteiger partial charge in [0.2, 0.25) is 5.89 Å². The van der Waals surface area contributed by atoms with Gasteiger partial charge in [0.1, 0.15) is 11.8 Å². The van der Waals surface area contributed by atoms with Crippen LogP contribution in [0.2, 0.25) is 0 Å². The van der Waals surface area contributed by atoms with Gasteiger partial charge in [-0.1, -0.05) is 0 Å². The van der Waals surface area contributed by atoms with Gasteiger partial charge in [-0.15, -0.1) is 0 Å². The molecule has 6 heteroatoms. The minimum Gasteiger partial charge on any atom is -0.480 e. The minimum absolute atomic E-state index is 0.149. The Hall–Kier alpha value is -1.40. The molecule has 0 saturated heterocycles. The van der Waals surface area contributed by atoms with Crippen LogP contribution in [-0.2, 0) is 4.79 Å². The number of carbonyl (C=O) groups is 1. The SMILES string of the molecule is Cc1cnc(C(C)NCC(N)C(=O)O)o1. The molecule has 1 rings (SSSR count). The fourth-order valence-corrected chi connectivity index (χ4v) is 1.05. The van der Waals surface area contributed by atoms with Crippen LogP contribution in [-0.4, -0.2) is 28.6 Å². The van der Waals surface area contributed by atoms with Crippen molar-refractivity contribution in [3.05, 3.63) is 17.8 Å². The van der Waals surface area contributed by atoms with Crippen LogP contribution < -0.4 is 11.1 Å². The first-order chi connectivity index (χ1) is 7.00. The molecule has 0 fully saturated rings. The molecule has 0 amide bonds. The van der Waals surface area contributed by atoms with Gasteiger partial charge in [0.25, 0.3) is 0 Å². The zero-order chi connectivity index (χ0) is 11.4. The predicted molar refractivity (Wildman–Crippen MR) is 53.3 cm³/mol. The number of carboxylic acids is 1. The number of aliphatic carboxylic acids is 1. The second kappa shape index (κ2) is 4.90. The van der Waals surface area contributed by atoms with E-state index in [-0.39, 0.29) is 12.6 Å². The minimum atomic E-state index is -1.03. The van der Waals surface area contributed by atoms with Crippen molar-refractivity contribution in [2.24, 2.45) is 5.73 Å². The van der Waals surface area contributed by atoms with Crippen molar-refractivity contribution in [3.63, 3.8) is 0 Å². The third kappa shape index (κ3) is 3.34. The third-order valence-electron chi connectivity index (χ3n) is 1.97. The number of nitrogens with zero attached hydrogens (tertiary/aromatic N) is 1. The highest BCUT2D eigenvalue weighted by atomic mass is 16.4. The molecule has 15 heavy (non-hydrogen) atoms. The normalized spacial score (nSPS) is 14.9. The van der Waals surface area contributed by atoms with Crippen LogP contribution in [0.1, 0.15) is 24.6 Å². The van der Waals surface area contributed by atoms with Crippen LogP contribution in [0.15, 0.2) is 10.6 Å². The van der Waals surface area contributed by atoms with E-state index in [0.29, 0.717) is 5.89 Å². The van der Waals surface area contributed by atoms with Gasteiger partial charge in [-0.25, -0.2) is 4.98 Å². The van der Waals surface area contributed by atoms with Gasteiger partial charge in [-0.3, -0.25) is 4.79 Å². The van der Waals surface area contributed by atoms with Crippen molar-refractivity contribution in [1.29, 1.82) is 0 Å². The number of nitrogens with two attached hydrogens (primary N) is 1. The molecule has 1 aromatic heterocycles. The van der Waals surface area contributed by atoms with E-state index < -0.39 is 12.0 Å². The number of rotatable bonds is 5. The first-order valence-electron chi connectivity index (χ1n) is 4.64. The Kier molecular flexibility index (Phi) is 3.81. The average Bonchev–Trinajstić information content (AvgIpc) is 2.60. The summed E-state index contributed by atoms with van der Waals surface area (Å²) in [6, 6.07) is -1.06. The highest BCUT2D eigenvalue weighted by molar-refractivity contribution is 5.73. The van der Waals surface area contributed by atoms with E-state index in [4.69, 9.17) is 15.3 Å². The number of aryl methyl sites for hydroxylation is 1. The van der Waals surface area contributed by atoms with Crippen LogP contribution in [0, 0.1) is 6.92 Å². The molecule has 0 radical (unpaired) electrons. The molecule has 1 heterocycles. The predicted octanol–water partition coefficient (Wildman–Crippen LogP) is 0.0455. The lowest BCUT2D eigenvalue weighted by molar-refractivity contribution is -0.138. The Labute approximate surface area is 87.5 Å². The van der Waals surface area contributed by atoms with Gasteiger partial charge < -0.3 is 20.6 Å². The topological polar surface area (TPSA) is 101 Å². The van der Waals surface area contributed by atoms with Crippen LogP contribution >= 0.6 is 0 Å². The lowest BCUT2D eigenvalue weighted by atomic mass is 10.2. The fourth-order valence-electron chi connectivity index (χ4n) is 1.05. The highest BCUT2D eigenvalue weighted by Gasteiger charge is 2.15. The van der Waals surface area contributed by atoms with Gasteiger partial charge in [0.15, 0.2) is 0 Å². The van der Waals surface area contributed by atoms with E-state index in [1.54, 1.807) is 13.1 Å². The third-order valence-corrected chi connectivity index (χ3v) is 1.97. The van der Waals surface area contributed by atoms with Crippen molar-refractivity contribution < 1.29 is 14.3 Å². The Bertz CT molecular complexity index is 337. The second-order valence-electron chi connectivity index (χ2n) is 3.38. The Morgan fingerprint density at radius 1 is 1.80 bits per heavy atom. The van der Waals surface area contributed by atoms with Gasteiger partial charge in [-0.2, -0.15) is 0 Å². The summed E-state index contributed by atoms with van der Waals surface area (Å²) >= 11 is 0. The average molecular weight is 213 g/mol. The summed E-state index contributed by atoms with van der Waals surface area (Å²) in [5, 5.41) is 11.5. The summed E-state index contributed by atoms with van der Waals surface area (Å²) in [6.45, 7) is 3.81. The number of oxazole rings is 1. The molecular weight excluding hydrogens is 198 g/mol. The lowest BCUT2D eigenvalue weighted by Gasteiger charge is -2.12. The number of aromatic nitrogens is 1. The maximum absolute atomic E-state index is 10.4. The Balaban J connectivity index is 2.43. The molecular formula is C9H15N3O3. The zero-order valence-corrected chi connectivity index (χ0v) is 8.73. The van der Waals surface area contributed by atoms with Crippen molar-refractivity contribution in [1.82, 2.24) is 10.3 Å². The van der Waals surface area contributed by atoms with E-state index in [1.807, 2.05) is 6.92 Å². The Morgan fingerprint density at radius 2 is 2.47 bits per heavy atom. The summed E-state index contributed by atoms with van der Waals surface area (Å²) in [4.78, 5) is 14.5. The van der Waals surface area contributed by atoms with Gasteiger partial charge >= 0.3 is 5.97 Å². The first-order valence-corrected chi connectivity index (χ1v) is 4.64. The van der Waals surface area contributed by atoms with E-state index >= 15 is 0 Å². The maximum Gasteiger partial charge on any atom is 0.321 e. The molecule has 0 aliphatic rings. The molecule has 2 unspecified atom stereocenters. The maximum atomic E-state index is 10.4. The molecule has 0 spiro atoms. The standard InChI is InChI=1S/C9H15N3O3/c1-5-3-12-8(15-5)6(2)11-4-7(10)9(13)14/h3,6-7,11H,4,10H2,1-2H3,(H,13,14). The molecule has 1 aromatic rings. The van der Waals surface area contributed by atoms with Gasteiger partial charge in [-0.05, 0) is 13.8 Å². The number of nitrogens with one attached hydrogen (secondary N) is 1. The van der Waals surface area contributed by atoms with Crippen LogP contribution in [0.5, 0.6) is 0 Å². The summed E-state index contributed by atoms with van der Waals surface area (Å²) < 4.78 is 5.28. The number of hydrogen-bond acceptors (Lipinski definition) is 5. The number of hydrogen-bond donors (Lipinski definition) is 3. The van der Waals surface area contributed by atoms with Crippen molar-refractivity contribution in [2.75, 3.05) is 6.54 Å². The largest absolute Gasteiger partial charge is 0.480 e.